The molecule has 1 atom stereocenters. The third kappa shape index (κ3) is 5.52. The van der Waals surface area contributed by atoms with Crippen LogP contribution in [-0.4, -0.2) is 90.3 Å². The summed E-state index contributed by atoms with van der Waals surface area (Å²) in [5, 5.41) is 0. The van der Waals surface area contributed by atoms with Crippen LogP contribution in [0.15, 0.2) is 29.2 Å². The van der Waals surface area contributed by atoms with Crippen molar-refractivity contribution in [2.75, 3.05) is 58.9 Å². The molecule has 30 heavy (non-hydrogen) atoms. The van der Waals surface area contributed by atoms with Crippen molar-refractivity contribution in [2.24, 2.45) is 5.92 Å². The molecule has 0 spiro atoms. The van der Waals surface area contributed by atoms with Gasteiger partial charge in [0, 0.05) is 52.4 Å². The minimum absolute atomic E-state index is 0.0345. The second kappa shape index (κ2) is 10.8. The normalized spacial score (nSPS) is 20.9. The zero-order chi connectivity index (χ0) is 21.5. The molecule has 0 aliphatic carbocycles. The van der Waals surface area contributed by atoms with E-state index in [1.54, 1.807) is 6.07 Å². The number of hydrogen-bond donors (Lipinski definition) is 0. The van der Waals surface area contributed by atoms with Gasteiger partial charge in [0.2, 0.25) is 5.91 Å². The number of carbonyl (C=O) groups is 2. The van der Waals surface area contributed by atoms with E-state index >= 15 is 0 Å². The molecule has 7 nitrogen and oxygen atoms in total. The van der Waals surface area contributed by atoms with Crippen molar-refractivity contribution in [2.45, 2.75) is 33.2 Å². The molecule has 2 amide bonds. The number of nitrogens with zero attached hydrogens (tertiary/aromatic N) is 4. The number of furan rings is 1. The quantitative estimate of drug-likeness (QED) is 0.609. The Morgan fingerprint density at radius 1 is 1.13 bits per heavy atom. The third-order valence-corrected chi connectivity index (χ3v) is 6.23. The van der Waals surface area contributed by atoms with Crippen LogP contribution in [0.5, 0.6) is 0 Å². The number of carbonyl (C=O) groups excluding carboxylic acids is 2. The lowest BCUT2D eigenvalue weighted by atomic mass is 9.96. The van der Waals surface area contributed by atoms with Crippen molar-refractivity contribution < 1.29 is 14.0 Å². The predicted octanol–water partition coefficient (Wildman–Crippen LogP) is 2.30. The van der Waals surface area contributed by atoms with E-state index in [1.807, 2.05) is 35.8 Å². The van der Waals surface area contributed by atoms with E-state index < -0.39 is 0 Å². The van der Waals surface area contributed by atoms with Crippen LogP contribution in [0.25, 0.3) is 0 Å². The predicted molar refractivity (Wildman–Crippen MR) is 117 cm³/mol. The Balaban J connectivity index is 1.53. The molecule has 2 saturated heterocycles. The van der Waals surface area contributed by atoms with Crippen molar-refractivity contribution >= 4 is 11.8 Å². The minimum atomic E-state index is -0.0345. The molecule has 3 heterocycles. The molecular weight excluding hydrogens is 380 g/mol. The summed E-state index contributed by atoms with van der Waals surface area (Å²) in [6, 6.07) is 3.69. The van der Waals surface area contributed by atoms with Gasteiger partial charge in [0.15, 0.2) is 5.76 Å². The molecule has 1 aromatic heterocycles. The summed E-state index contributed by atoms with van der Waals surface area (Å²) < 4.78 is 5.90. The lowest BCUT2D eigenvalue weighted by Gasteiger charge is -2.34. The molecule has 0 N–H and O–H groups in total. The summed E-state index contributed by atoms with van der Waals surface area (Å²) in [5.74, 6) is 1.49. The van der Waals surface area contributed by atoms with Gasteiger partial charge < -0.3 is 14.2 Å². The topological polar surface area (TPSA) is 60.2 Å². The van der Waals surface area contributed by atoms with Gasteiger partial charge in [-0.15, -0.1) is 6.58 Å². The standard InChI is InChI=1S/C23H36N4O3/c1-4-11-24-13-15-27(16-14-24)23(29)21-10-9-20(30-21)18-25-12-7-8-19(17-25)22(28)26(5-2)6-3/h4,9-10,19H,1,5-8,11-18H2,2-3H3. The zero-order valence-electron chi connectivity index (χ0n) is 18.5. The first-order valence-corrected chi connectivity index (χ1v) is 11.3. The van der Waals surface area contributed by atoms with Crippen molar-refractivity contribution in [3.63, 3.8) is 0 Å². The van der Waals surface area contributed by atoms with E-state index in [9.17, 15) is 9.59 Å². The van der Waals surface area contributed by atoms with Crippen molar-refractivity contribution in [1.82, 2.24) is 19.6 Å². The highest BCUT2D eigenvalue weighted by atomic mass is 16.4. The molecule has 2 fully saturated rings. The van der Waals surface area contributed by atoms with Gasteiger partial charge in [-0.25, -0.2) is 0 Å². The van der Waals surface area contributed by atoms with Gasteiger partial charge >= 0.3 is 0 Å². The number of amides is 2. The summed E-state index contributed by atoms with van der Waals surface area (Å²) >= 11 is 0. The fraction of sp³-hybridized carbons (Fsp3) is 0.652. The molecule has 0 radical (unpaired) electrons. The molecule has 0 saturated carbocycles. The highest BCUT2D eigenvalue weighted by molar-refractivity contribution is 5.91. The van der Waals surface area contributed by atoms with Gasteiger partial charge in [-0.05, 0) is 45.4 Å². The molecule has 3 rings (SSSR count). The van der Waals surface area contributed by atoms with Crippen LogP contribution in [0.4, 0.5) is 0 Å². The summed E-state index contributed by atoms with van der Waals surface area (Å²) in [5.41, 5.74) is 0. The van der Waals surface area contributed by atoms with Gasteiger partial charge in [-0.1, -0.05) is 6.08 Å². The van der Waals surface area contributed by atoms with Gasteiger partial charge in [0.25, 0.3) is 5.91 Å². The second-order valence-electron chi connectivity index (χ2n) is 8.23. The summed E-state index contributed by atoms with van der Waals surface area (Å²) in [7, 11) is 0. The van der Waals surface area contributed by atoms with Crippen LogP contribution in [0.1, 0.15) is 43.0 Å². The Bertz CT molecular complexity index is 720. The van der Waals surface area contributed by atoms with Crippen LogP contribution >= 0.6 is 0 Å². The smallest absolute Gasteiger partial charge is 0.289 e. The fourth-order valence-electron chi connectivity index (χ4n) is 4.46. The highest BCUT2D eigenvalue weighted by Crippen LogP contribution is 2.22. The maximum Gasteiger partial charge on any atom is 0.289 e. The lowest BCUT2D eigenvalue weighted by molar-refractivity contribution is -0.137. The molecule has 2 aliphatic rings. The first-order chi connectivity index (χ1) is 14.5. The van der Waals surface area contributed by atoms with Crippen LogP contribution in [-0.2, 0) is 11.3 Å². The first-order valence-electron chi connectivity index (χ1n) is 11.3. The Morgan fingerprint density at radius 3 is 2.53 bits per heavy atom. The number of piperidine rings is 1. The Labute approximate surface area is 180 Å². The van der Waals surface area contributed by atoms with E-state index in [1.165, 1.54) is 0 Å². The lowest BCUT2D eigenvalue weighted by Crippen LogP contribution is -2.48. The molecule has 166 valence electrons. The average molecular weight is 417 g/mol. The zero-order valence-corrected chi connectivity index (χ0v) is 18.5. The Kier molecular flexibility index (Phi) is 8.10. The van der Waals surface area contributed by atoms with Crippen molar-refractivity contribution in [1.29, 1.82) is 0 Å². The molecule has 1 unspecified atom stereocenters. The Hall–Kier alpha value is -2.12. The van der Waals surface area contributed by atoms with Gasteiger partial charge in [-0.3, -0.25) is 19.4 Å². The van der Waals surface area contributed by atoms with Gasteiger partial charge in [0.1, 0.15) is 5.76 Å². The largest absolute Gasteiger partial charge is 0.455 e. The van der Waals surface area contributed by atoms with E-state index in [2.05, 4.69) is 16.4 Å². The van der Waals surface area contributed by atoms with E-state index in [-0.39, 0.29) is 17.7 Å². The molecule has 7 heteroatoms. The summed E-state index contributed by atoms with van der Waals surface area (Å²) in [6.07, 6.45) is 3.86. The Morgan fingerprint density at radius 2 is 1.87 bits per heavy atom. The van der Waals surface area contributed by atoms with Crippen LogP contribution in [0.3, 0.4) is 0 Å². The van der Waals surface area contributed by atoms with Crippen LogP contribution in [0.2, 0.25) is 0 Å². The van der Waals surface area contributed by atoms with E-state index in [0.29, 0.717) is 25.4 Å². The number of rotatable bonds is 8. The van der Waals surface area contributed by atoms with E-state index in [0.717, 1.165) is 64.4 Å². The van der Waals surface area contributed by atoms with Crippen molar-refractivity contribution in [3.05, 3.63) is 36.3 Å². The van der Waals surface area contributed by atoms with Gasteiger partial charge in [-0.2, -0.15) is 0 Å². The monoisotopic (exact) mass is 416 g/mol. The first kappa shape index (κ1) is 22.6. The molecule has 2 aliphatic heterocycles. The van der Waals surface area contributed by atoms with Crippen LogP contribution < -0.4 is 0 Å². The highest BCUT2D eigenvalue weighted by Gasteiger charge is 2.29. The van der Waals surface area contributed by atoms with Gasteiger partial charge in [0.05, 0.1) is 12.5 Å². The van der Waals surface area contributed by atoms with Crippen molar-refractivity contribution in [3.8, 4) is 0 Å². The molecule has 0 bridgehead atoms. The van der Waals surface area contributed by atoms with Crippen LogP contribution in [0, 0.1) is 5.92 Å². The molecule has 1 aromatic rings. The SMILES string of the molecule is C=CCN1CCN(C(=O)c2ccc(CN3CCCC(C(=O)N(CC)CC)C3)o2)CC1. The third-order valence-electron chi connectivity index (χ3n) is 6.23. The average Bonchev–Trinajstić information content (AvgIpc) is 3.23. The fourth-order valence-corrected chi connectivity index (χ4v) is 4.46. The molecule has 0 aromatic carbocycles. The summed E-state index contributed by atoms with van der Waals surface area (Å²) in [6.45, 7) is 15.7. The van der Waals surface area contributed by atoms with E-state index in [4.69, 9.17) is 4.42 Å². The maximum atomic E-state index is 12.8. The number of hydrogen-bond acceptors (Lipinski definition) is 5. The number of likely N-dealkylation sites (tertiary alicyclic amines) is 1. The second-order valence-corrected chi connectivity index (χ2v) is 8.23. The number of piperazine rings is 1. The summed E-state index contributed by atoms with van der Waals surface area (Å²) in [4.78, 5) is 33.8. The molecular formula is C23H36N4O3. The maximum absolute atomic E-state index is 12.8. The minimum Gasteiger partial charge on any atom is -0.455 e.